The fourth-order valence-corrected chi connectivity index (χ4v) is 3.05. The van der Waals surface area contributed by atoms with Gasteiger partial charge in [0.1, 0.15) is 10.4 Å². The Labute approximate surface area is 123 Å². The Morgan fingerprint density at radius 1 is 1.35 bits per heavy atom. The molecule has 6 nitrogen and oxygen atoms in total. The molecule has 3 aromatic rings. The van der Waals surface area contributed by atoms with Crippen LogP contribution in [0.4, 0.5) is 0 Å². The molecule has 104 valence electrons. The van der Waals surface area contributed by atoms with Gasteiger partial charge in [-0.3, -0.25) is 0 Å². The van der Waals surface area contributed by atoms with Gasteiger partial charge in [-0.05, 0) is 34.6 Å². The first-order valence-corrected chi connectivity index (χ1v) is 7.03. The van der Waals surface area contributed by atoms with Crippen LogP contribution in [0.1, 0.15) is 5.82 Å². The third-order valence-electron chi connectivity index (χ3n) is 3.30. The Kier molecular flexibility index (Phi) is 3.23. The molecule has 4 N–H and O–H groups in total. The average molecular weight is 336 g/mol. The van der Waals surface area contributed by atoms with E-state index in [4.69, 9.17) is 5.73 Å². The van der Waals surface area contributed by atoms with E-state index in [1.165, 1.54) is 0 Å². The first-order chi connectivity index (χ1) is 9.60. The van der Waals surface area contributed by atoms with Crippen LogP contribution in [0.3, 0.4) is 0 Å². The summed E-state index contributed by atoms with van der Waals surface area (Å²) in [5.41, 5.74) is 8.91. The molecule has 0 saturated carbocycles. The lowest BCUT2D eigenvalue weighted by molar-refractivity contribution is 0.782. The molecule has 7 heteroatoms. The number of nitrogens with zero attached hydrogens (tertiary/aromatic N) is 2. The molecule has 0 saturated heterocycles. The molecule has 0 atom stereocenters. The summed E-state index contributed by atoms with van der Waals surface area (Å²) in [4.78, 5) is 21.3. The molecule has 2 aromatic heterocycles. The Hall–Kier alpha value is -1.86. The van der Waals surface area contributed by atoms with Gasteiger partial charge in [0.15, 0.2) is 0 Å². The lowest BCUT2D eigenvalue weighted by atomic mass is 10.1. The summed E-state index contributed by atoms with van der Waals surface area (Å²) in [5, 5.41) is 0. The summed E-state index contributed by atoms with van der Waals surface area (Å²) < 4.78 is 2.80. The molecule has 0 amide bonds. The van der Waals surface area contributed by atoms with Gasteiger partial charge >= 0.3 is 5.69 Å². The highest BCUT2D eigenvalue weighted by atomic mass is 79.9. The summed E-state index contributed by atoms with van der Waals surface area (Å²) in [6, 6.07) is 5.77. The fraction of sp³-hybridized carbons (Fsp3) is 0.231. The smallest absolute Gasteiger partial charge is 0.323 e. The molecule has 0 aliphatic rings. The number of imidazole rings is 2. The number of aromatic nitrogens is 4. The first-order valence-electron chi connectivity index (χ1n) is 6.23. The molecule has 0 aliphatic carbocycles. The minimum atomic E-state index is -0.204. The van der Waals surface area contributed by atoms with Gasteiger partial charge in [0.25, 0.3) is 0 Å². The van der Waals surface area contributed by atoms with Crippen molar-refractivity contribution in [2.75, 3.05) is 6.54 Å². The second kappa shape index (κ2) is 4.92. The summed E-state index contributed by atoms with van der Waals surface area (Å²) in [6.45, 7) is 0.556. The zero-order valence-corrected chi connectivity index (χ0v) is 12.5. The lowest BCUT2D eigenvalue weighted by Crippen LogP contribution is -2.08. The van der Waals surface area contributed by atoms with E-state index in [1.807, 2.05) is 29.8 Å². The maximum absolute atomic E-state index is 11.3. The Morgan fingerprint density at radius 2 is 2.10 bits per heavy atom. The van der Waals surface area contributed by atoms with Crippen LogP contribution in [-0.2, 0) is 13.5 Å². The van der Waals surface area contributed by atoms with Crippen molar-refractivity contribution in [1.29, 1.82) is 0 Å². The van der Waals surface area contributed by atoms with Crippen LogP contribution in [-0.4, -0.2) is 26.1 Å². The van der Waals surface area contributed by atoms with Crippen molar-refractivity contribution in [2.45, 2.75) is 6.42 Å². The summed E-state index contributed by atoms with van der Waals surface area (Å²) >= 11 is 3.49. The fourth-order valence-electron chi connectivity index (χ4n) is 2.35. The van der Waals surface area contributed by atoms with Gasteiger partial charge < -0.3 is 20.3 Å². The zero-order valence-electron chi connectivity index (χ0n) is 10.9. The molecule has 0 fully saturated rings. The molecule has 0 unspecified atom stereocenters. The van der Waals surface area contributed by atoms with E-state index >= 15 is 0 Å². The highest BCUT2D eigenvalue weighted by Crippen LogP contribution is 2.29. The van der Waals surface area contributed by atoms with E-state index in [0.717, 1.165) is 39.1 Å². The predicted molar refractivity (Wildman–Crippen MR) is 81.6 cm³/mol. The standard InChI is InChI=1S/C13H14BrN5O/c1-19-10(4-5-15)18-12(14)11(19)7-2-3-8-9(6-7)17-13(20)16-8/h2-3,6H,4-5,15H2,1H3,(H2,16,17,20). The van der Waals surface area contributed by atoms with Crippen molar-refractivity contribution in [3.8, 4) is 11.3 Å². The lowest BCUT2D eigenvalue weighted by Gasteiger charge is -2.06. The number of nitrogens with one attached hydrogen (secondary N) is 2. The number of rotatable bonds is 3. The molecule has 0 spiro atoms. The number of nitrogens with two attached hydrogens (primary N) is 1. The van der Waals surface area contributed by atoms with Crippen LogP contribution in [0.25, 0.3) is 22.3 Å². The van der Waals surface area contributed by atoms with Gasteiger partial charge in [0.2, 0.25) is 0 Å². The maximum Gasteiger partial charge on any atom is 0.323 e. The summed E-state index contributed by atoms with van der Waals surface area (Å²) in [7, 11) is 1.96. The van der Waals surface area contributed by atoms with Crippen molar-refractivity contribution < 1.29 is 0 Å². The molecule has 2 heterocycles. The van der Waals surface area contributed by atoms with Gasteiger partial charge in [-0.25, -0.2) is 9.78 Å². The van der Waals surface area contributed by atoms with E-state index in [-0.39, 0.29) is 5.69 Å². The number of H-pyrrole nitrogens is 2. The van der Waals surface area contributed by atoms with Gasteiger partial charge in [-0.15, -0.1) is 0 Å². The summed E-state index contributed by atoms with van der Waals surface area (Å²) in [6.07, 6.45) is 0.721. The van der Waals surface area contributed by atoms with Gasteiger partial charge in [0, 0.05) is 19.0 Å². The van der Waals surface area contributed by atoms with Crippen molar-refractivity contribution in [2.24, 2.45) is 12.8 Å². The number of hydrogen-bond donors (Lipinski definition) is 3. The Balaban J connectivity index is 2.17. The average Bonchev–Trinajstić information content (AvgIpc) is 2.89. The van der Waals surface area contributed by atoms with Crippen LogP contribution < -0.4 is 11.4 Å². The minimum Gasteiger partial charge on any atom is -0.330 e. The quantitative estimate of drug-likeness (QED) is 0.677. The molecule has 1 aromatic carbocycles. The van der Waals surface area contributed by atoms with Gasteiger partial charge in [-0.2, -0.15) is 0 Å². The number of aromatic amines is 2. The number of halogens is 1. The van der Waals surface area contributed by atoms with Crippen LogP contribution in [0.15, 0.2) is 27.6 Å². The number of hydrogen-bond acceptors (Lipinski definition) is 3. The summed E-state index contributed by atoms with van der Waals surface area (Å²) in [5.74, 6) is 0.928. The first kappa shape index (κ1) is 13.1. The predicted octanol–water partition coefficient (Wildman–Crippen LogP) is 1.52. The van der Waals surface area contributed by atoms with Crippen LogP contribution >= 0.6 is 15.9 Å². The second-order valence-corrected chi connectivity index (χ2v) is 5.36. The highest BCUT2D eigenvalue weighted by molar-refractivity contribution is 9.10. The third-order valence-corrected chi connectivity index (χ3v) is 3.86. The highest BCUT2D eigenvalue weighted by Gasteiger charge is 2.14. The Morgan fingerprint density at radius 3 is 2.85 bits per heavy atom. The zero-order chi connectivity index (χ0) is 14.3. The molecule has 20 heavy (non-hydrogen) atoms. The van der Waals surface area contributed by atoms with Crippen molar-refractivity contribution in [1.82, 2.24) is 19.5 Å². The molecular formula is C13H14BrN5O. The van der Waals surface area contributed by atoms with Crippen molar-refractivity contribution in [3.05, 3.63) is 39.1 Å². The van der Waals surface area contributed by atoms with E-state index in [9.17, 15) is 4.79 Å². The van der Waals surface area contributed by atoms with Crippen molar-refractivity contribution in [3.63, 3.8) is 0 Å². The molecular weight excluding hydrogens is 322 g/mol. The minimum absolute atomic E-state index is 0.204. The van der Waals surface area contributed by atoms with Gasteiger partial charge in [-0.1, -0.05) is 6.07 Å². The monoisotopic (exact) mass is 335 g/mol. The van der Waals surface area contributed by atoms with Gasteiger partial charge in [0.05, 0.1) is 16.7 Å². The number of benzene rings is 1. The normalized spacial score (nSPS) is 11.3. The maximum atomic E-state index is 11.3. The number of fused-ring (bicyclic) bond motifs is 1. The van der Waals surface area contributed by atoms with Crippen molar-refractivity contribution >= 4 is 27.0 Å². The van der Waals surface area contributed by atoms with E-state index in [0.29, 0.717) is 6.54 Å². The topological polar surface area (TPSA) is 92.5 Å². The molecule has 3 rings (SSSR count). The Bertz CT molecular complexity index is 829. The van der Waals surface area contributed by atoms with Crippen LogP contribution in [0.5, 0.6) is 0 Å². The second-order valence-electron chi connectivity index (χ2n) is 4.60. The van der Waals surface area contributed by atoms with Crippen LogP contribution in [0.2, 0.25) is 0 Å². The molecule has 0 aliphatic heterocycles. The molecule has 0 bridgehead atoms. The van der Waals surface area contributed by atoms with E-state index < -0.39 is 0 Å². The van der Waals surface area contributed by atoms with E-state index in [2.05, 4.69) is 30.9 Å². The SMILES string of the molecule is Cn1c(CCN)nc(Br)c1-c1ccc2[nH]c(=O)[nH]c2c1. The third kappa shape index (κ3) is 2.08. The van der Waals surface area contributed by atoms with E-state index in [1.54, 1.807) is 0 Å². The molecule has 0 radical (unpaired) electrons. The van der Waals surface area contributed by atoms with Crippen LogP contribution in [0, 0.1) is 0 Å². The largest absolute Gasteiger partial charge is 0.330 e.